The maximum atomic E-state index is 4.81. The highest BCUT2D eigenvalue weighted by atomic mass is 14.9. The lowest BCUT2D eigenvalue weighted by molar-refractivity contribution is 0.789. The molecule has 0 aliphatic heterocycles. The van der Waals surface area contributed by atoms with Gasteiger partial charge in [-0.15, -0.1) is 0 Å². The van der Waals surface area contributed by atoms with Crippen molar-refractivity contribution >= 4 is 21.8 Å². The maximum Gasteiger partial charge on any atom is 0.107 e. The molecule has 2 nitrogen and oxygen atoms in total. The second-order valence-corrected chi connectivity index (χ2v) is 6.58. The van der Waals surface area contributed by atoms with Gasteiger partial charge in [-0.05, 0) is 60.2 Å². The summed E-state index contributed by atoms with van der Waals surface area (Å²) in [6.07, 6.45) is 3.17. The number of rotatable bonds is 4. The van der Waals surface area contributed by atoms with Gasteiger partial charge in [-0.1, -0.05) is 48.5 Å². The molecule has 0 saturated carbocycles. The van der Waals surface area contributed by atoms with Crippen LogP contribution in [0.15, 0.2) is 54.6 Å². The lowest BCUT2D eigenvalue weighted by atomic mass is 10.0. The van der Waals surface area contributed by atoms with Crippen LogP contribution in [0.4, 0.5) is 0 Å². The van der Waals surface area contributed by atoms with Crippen LogP contribution in [0.1, 0.15) is 28.9 Å². The van der Waals surface area contributed by atoms with Gasteiger partial charge < -0.3 is 4.98 Å². The Hall–Kier alpha value is -2.61. The number of hydrogen-bond donors (Lipinski definition) is 1. The van der Waals surface area contributed by atoms with Crippen molar-refractivity contribution in [2.75, 3.05) is 0 Å². The fraction of sp³-hybridized carbons (Fsp3) is 0.227. The Kier molecular flexibility index (Phi) is 3.81. The number of fused-ring (bicyclic) bond motifs is 2. The molecular weight excluding hydrogens is 292 g/mol. The topological polar surface area (TPSA) is 28.7 Å². The number of benzene rings is 3. The Bertz CT molecular complexity index is 1010. The van der Waals surface area contributed by atoms with Crippen LogP contribution in [-0.2, 0) is 12.8 Å². The minimum Gasteiger partial charge on any atom is -0.342 e. The zero-order chi connectivity index (χ0) is 16.5. The lowest BCUT2D eigenvalue weighted by Crippen LogP contribution is -1.93. The summed E-state index contributed by atoms with van der Waals surface area (Å²) in [5, 5.41) is 2.70. The second-order valence-electron chi connectivity index (χ2n) is 6.58. The predicted molar refractivity (Wildman–Crippen MR) is 102 cm³/mol. The van der Waals surface area contributed by atoms with Crippen molar-refractivity contribution in [1.29, 1.82) is 0 Å². The Morgan fingerprint density at radius 2 is 1.71 bits per heavy atom. The van der Waals surface area contributed by atoms with Crippen LogP contribution in [0.5, 0.6) is 0 Å². The first-order chi connectivity index (χ1) is 11.7. The number of aromatic nitrogens is 2. The summed E-state index contributed by atoms with van der Waals surface area (Å²) < 4.78 is 0. The molecule has 4 rings (SSSR count). The molecule has 0 bridgehead atoms. The fourth-order valence-corrected chi connectivity index (χ4v) is 3.44. The van der Waals surface area contributed by atoms with E-state index in [-0.39, 0.29) is 0 Å². The SMILES string of the molecule is Cc1ccc2[nH]c(CCCc3cccc4ccccc34)nc2c1C. The highest BCUT2D eigenvalue weighted by Crippen LogP contribution is 2.22. The molecule has 0 atom stereocenters. The molecule has 2 heteroatoms. The molecule has 0 fully saturated rings. The van der Waals surface area contributed by atoms with Crippen LogP contribution in [0.25, 0.3) is 21.8 Å². The first-order valence-corrected chi connectivity index (χ1v) is 8.64. The molecule has 3 aromatic carbocycles. The van der Waals surface area contributed by atoms with Crippen molar-refractivity contribution in [3.05, 3.63) is 77.1 Å². The van der Waals surface area contributed by atoms with Crippen LogP contribution in [-0.4, -0.2) is 9.97 Å². The Labute approximate surface area is 142 Å². The van der Waals surface area contributed by atoms with Gasteiger partial charge in [-0.25, -0.2) is 4.98 Å². The molecule has 0 aliphatic rings. The van der Waals surface area contributed by atoms with E-state index in [1.165, 1.54) is 27.5 Å². The third-order valence-electron chi connectivity index (χ3n) is 4.97. The lowest BCUT2D eigenvalue weighted by Gasteiger charge is -2.05. The molecule has 1 aromatic heterocycles. The smallest absolute Gasteiger partial charge is 0.107 e. The van der Waals surface area contributed by atoms with Crippen LogP contribution >= 0.6 is 0 Å². The van der Waals surface area contributed by atoms with E-state index < -0.39 is 0 Å². The summed E-state index contributed by atoms with van der Waals surface area (Å²) in [6, 6.07) is 19.5. The van der Waals surface area contributed by atoms with E-state index in [4.69, 9.17) is 4.98 Å². The Morgan fingerprint density at radius 1 is 0.875 bits per heavy atom. The van der Waals surface area contributed by atoms with Crippen LogP contribution in [0.3, 0.4) is 0 Å². The summed E-state index contributed by atoms with van der Waals surface area (Å²) in [5.41, 5.74) is 6.28. The molecule has 24 heavy (non-hydrogen) atoms. The summed E-state index contributed by atoms with van der Waals surface area (Å²) in [4.78, 5) is 8.29. The molecule has 0 amide bonds. The monoisotopic (exact) mass is 314 g/mol. The summed E-state index contributed by atoms with van der Waals surface area (Å²) >= 11 is 0. The number of hydrogen-bond acceptors (Lipinski definition) is 1. The van der Waals surface area contributed by atoms with Crippen LogP contribution in [0, 0.1) is 13.8 Å². The van der Waals surface area contributed by atoms with Gasteiger partial charge in [0.25, 0.3) is 0 Å². The molecular formula is C22H22N2. The number of aryl methyl sites for hydroxylation is 4. The highest BCUT2D eigenvalue weighted by Gasteiger charge is 2.07. The molecule has 0 radical (unpaired) electrons. The van der Waals surface area contributed by atoms with Crippen molar-refractivity contribution < 1.29 is 0 Å². The van der Waals surface area contributed by atoms with E-state index in [0.29, 0.717) is 0 Å². The Morgan fingerprint density at radius 3 is 2.62 bits per heavy atom. The second kappa shape index (κ2) is 6.12. The van der Waals surface area contributed by atoms with Crippen molar-refractivity contribution in [1.82, 2.24) is 9.97 Å². The number of nitrogens with one attached hydrogen (secondary N) is 1. The minimum absolute atomic E-state index is 0.983. The van der Waals surface area contributed by atoms with Gasteiger partial charge in [0.2, 0.25) is 0 Å². The number of imidazole rings is 1. The summed E-state index contributed by atoms with van der Waals surface area (Å²) in [5.74, 6) is 1.10. The van der Waals surface area contributed by atoms with Crippen LogP contribution in [0.2, 0.25) is 0 Å². The third-order valence-corrected chi connectivity index (χ3v) is 4.97. The molecule has 4 aromatic rings. The molecule has 0 aliphatic carbocycles. The summed E-state index contributed by atoms with van der Waals surface area (Å²) in [7, 11) is 0. The number of H-pyrrole nitrogens is 1. The van der Waals surface area contributed by atoms with Crippen molar-refractivity contribution in [2.45, 2.75) is 33.1 Å². The van der Waals surface area contributed by atoms with Gasteiger partial charge in [0.1, 0.15) is 5.82 Å². The fourth-order valence-electron chi connectivity index (χ4n) is 3.44. The van der Waals surface area contributed by atoms with Gasteiger partial charge in [0, 0.05) is 6.42 Å². The zero-order valence-corrected chi connectivity index (χ0v) is 14.3. The van der Waals surface area contributed by atoms with Crippen LogP contribution < -0.4 is 0 Å². The van der Waals surface area contributed by atoms with E-state index in [1.54, 1.807) is 0 Å². The number of nitrogens with zero attached hydrogens (tertiary/aromatic N) is 1. The molecule has 0 spiro atoms. The van der Waals surface area contributed by atoms with Gasteiger partial charge in [0.05, 0.1) is 11.0 Å². The van der Waals surface area contributed by atoms with E-state index in [9.17, 15) is 0 Å². The molecule has 0 saturated heterocycles. The van der Waals surface area contributed by atoms with Gasteiger partial charge >= 0.3 is 0 Å². The Balaban J connectivity index is 1.52. The minimum atomic E-state index is 0.983. The average molecular weight is 314 g/mol. The molecule has 120 valence electrons. The first kappa shape index (κ1) is 14.9. The number of aromatic amines is 1. The predicted octanol–water partition coefficient (Wildman–Crippen LogP) is 5.51. The first-order valence-electron chi connectivity index (χ1n) is 8.64. The normalized spacial score (nSPS) is 11.4. The third kappa shape index (κ3) is 2.69. The van der Waals surface area contributed by atoms with Crippen molar-refractivity contribution in [3.8, 4) is 0 Å². The quantitative estimate of drug-likeness (QED) is 0.529. The van der Waals surface area contributed by atoms with Gasteiger partial charge in [-0.3, -0.25) is 0 Å². The maximum absolute atomic E-state index is 4.81. The van der Waals surface area contributed by atoms with E-state index in [1.807, 2.05) is 0 Å². The van der Waals surface area contributed by atoms with Crippen molar-refractivity contribution in [2.24, 2.45) is 0 Å². The van der Waals surface area contributed by atoms with Crippen molar-refractivity contribution in [3.63, 3.8) is 0 Å². The standard InChI is InChI=1S/C22H22N2/c1-15-13-14-20-22(16(15)2)24-21(23-20)12-6-10-18-9-5-8-17-7-3-4-11-19(17)18/h3-5,7-9,11,13-14H,6,10,12H2,1-2H3,(H,23,24). The largest absolute Gasteiger partial charge is 0.342 e. The molecule has 0 unspecified atom stereocenters. The average Bonchev–Trinajstić information content (AvgIpc) is 3.02. The highest BCUT2D eigenvalue weighted by molar-refractivity contribution is 5.85. The van der Waals surface area contributed by atoms with E-state index in [2.05, 4.69) is 73.4 Å². The van der Waals surface area contributed by atoms with Gasteiger partial charge in [0.15, 0.2) is 0 Å². The molecule has 1 heterocycles. The summed E-state index contributed by atoms with van der Waals surface area (Å²) in [6.45, 7) is 4.29. The zero-order valence-electron chi connectivity index (χ0n) is 14.3. The molecule has 1 N–H and O–H groups in total. The van der Waals surface area contributed by atoms with E-state index >= 15 is 0 Å². The van der Waals surface area contributed by atoms with E-state index in [0.717, 1.165) is 36.1 Å². The van der Waals surface area contributed by atoms with Gasteiger partial charge in [-0.2, -0.15) is 0 Å².